The molecule has 1 amide bonds. The maximum Gasteiger partial charge on any atom is 0.408 e. The molecular formula is C15H17FN2O4. The maximum atomic E-state index is 13.6. The monoisotopic (exact) mass is 308 g/mol. The van der Waals surface area contributed by atoms with Gasteiger partial charge in [-0.2, -0.15) is 0 Å². The number of carbonyl (C=O) groups excluding carboxylic acids is 1. The predicted molar refractivity (Wildman–Crippen MR) is 78.9 cm³/mol. The van der Waals surface area contributed by atoms with Crippen molar-refractivity contribution in [3.63, 3.8) is 0 Å². The van der Waals surface area contributed by atoms with Gasteiger partial charge in [0.2, 0.25) is 0 Å². The van der Waals surface area contributed by atoms with Crippen LogP contribution in [0.15, 0.2) is 12.1 Å². The number of carboxylic acids is 1. The van der Waals surface area contributed by atoms with Crippen LogP contribution < -0.4 is 11.1 Å². The summed E-state index contributed by atoms with van der Waals surface area (Å²) in [5, 5.41) is 11.3. The number of nitrogen functional groups attached to an aromatic ring is 1. The number of hydrogen-bond donors (Lipinski definition) is 3. The average molecular weight is 308 g/mol. The Bertz CT molecular complexity index is 654. The van der Waals surface area contributed by atoms with E-state index < -0.39 is 23.5 Å². The summed E-state index contributed by atoms with van der Waals surface area (Å²) in [6.45, 7) is 5.08. The molecule has 0 spiro atoms. The lowest BCUT2D eigenvalue weighted by molar-refractivity contribution is 0.0534. The molecule has 0 aliphatic carbocycles. The summed E-state index contributed by atoms with van der Waals surface area (Å²) in [6.07, 6.45) is -0.647. The number of ether oxygens (including phenoxy) is 1. The molecule has 0 fully saturated rings. The third-order valence-corrected chi connectivity index (χ3v) is 2.31. The lowest BCUT2D eigenvalue weighted by atomic mass is 10.1. The SMILES string of the molecule is CC(C)(C)OC(=O)NCC#Cc1cc(C(=O)O)c(N)cc1F. The third kappa shape index (κ3) is 5.32. The van der Waals surface area contributed by atoms with E-state index >= 15 is 0 Å². The van der Waals surface area contributed by atoms with E-state index in [1.165, 1.54) is 0 Å². The molecule has 0 saturated carbocycles. The Balaban J connectivity index is 2.75. The summed E-state index contributed by atoms with van der Waals surface area (Å²) < 4.78 is 18.6. The smallest absolute Gasteiger partial charge is 0.408 e. The largest absolute Gasteiger partial charge is 0.478 e. The Kier molecular flexibility index (Phi) is 5.35. The van der Waals surface area contributed by atoms with Crippen LogP contribution >= 0.6 is 0 Å². The molecular weight excluding hydrogens is 291 g/mol. The first-order chi connectivity index (χ1) is 10.1. The fraction of sp³-hybridized carbons (Fsp3) is 0.333. The minimum absolute atomic E-state index is 0.0683. The summed E-state index contributed by atoms with van der Waals surface area (Å²) in [5.74, 6) is 2.95. The molecule has 4 N–H and O–H groups in total. The minimum atomic E-state index is -1.27. The Hall–Kier alpha value is -2.75. The fourth-order valence-corrected chi connectivity index (χ4v) is 1.44. The van der Waals surface area contributed by atoms with Gasteiger partial charge in [0.25, 0.3) is 0 Å². The second kappa shape index (κ2) is 6.80. The normalized spacial score (nSPS) is 10.4. The number of anilines is 1. The third-order valence-electron chi connectivity index (χ3n) is 2.31. The van der Waals surface area contributed by atoms with Gasteiger partial charge in [-0.15, -0.1) is 0 Å². The number of carboxylic acid groups (broad SMARTS) is 1. The molecule has 1 aromatic rings. The lowest BCUT2D eigenvalue weighted by Crippen LogP contribution is -2.32. The number of hydrogen-bond acceptors (Lipinski definition) is 4. The van der Waals surface area contributed by atoms with E-state index in [-0.39, 0.29) is 23.4 Å². The van der Waals surface area contributed by atoms with Gasteiger partial charge in [0.05, 0.1) is 17.7 Å². The molecule has 0 aliphatic rings. The van der Waals surface area contributed by atoms with Crippen LogP contribution in [0.25, 0.3) is 0 Å². The van der Waals surface area contributed by atoms with Crippen molar-refractivity contribution in [1.29, 1.82) is 0 Å². The number of halogens is 1. The predicted octanol–water partition coefficient (Wildman–Crippen LogP) is 1.98. The molecule has 22 heavy (non-hydrogen) atoms. The first-order valence-corrected chi connectivity index (χ1v) is 6.38. The minimum Gasteiger partial charge on any atom is -0.478 e. The highest BCUT2D eigenvalue weighted by Crippen LogP contribution is 2.17. The van der Waals surface area contributed by atoms with Crippen molar-refractivity contribution in [3.05, 3.63) is 29.1 Å². The van der Waals surface area contributed by atoms with Crippen LogP contribution in [-0.2, 0) is 4.74 Å². The van der Waals surface area contributed by atoms with Gasteiger partial charge < -0.3 is 20.9 Å². The number of benzene rings is 1. The highest BCUT2D eigenvalue weighted by atomic mass is 19.1. The number of nitrogens with two attached hydrogens (primary N) is 1. The van der Waals surface area contributed by atoms with Crippen molar-refractivity contribution in [2.24, 2.45) is 0 Å². The van der Waals surface area contributed by atoms with E-state index in [1.54, 1.807) is 20.8 Å². The zero-order chi connectivity index (χ0) is 16.9. The van der Waals surface area contributed by atoms with Gasteiger partial charge in [-0.1, -0.05) is 11.8 Å². The van der Waals surface area contributed by atoms with Crippen molar-refractivity contribution in [3.8, 4) is 11.8 Å². The molecule has 0 heterocycles. The van der Waals surface area contributed by atoms with Gasteiger partial charge in [-0.05, 0) is 32.9 Å². The van der Waals surface area contributed by atoms with E-state index in [1.807, 2.05) is 0 Å². The van der Waals surface area contributed by atoms with Gasteiger partial charge in [-0.25, -0.2) is 14.0 Å². The first kappa shape index (κ1) is 17.3. The number of carbonyl (C=O) groups is 2. The van der Waals surface area contributed by atoms with Crippen molar-refractivity contribution in [1.82, 2.24) is 5.32 Å². The fourth-order valence-electron chi connectivity index (χ4n) is 1.44. The standard InChI is InChI=1S/C15H17FN2O4/c1-15(2,3)22-14(21)18-6-4-5-9-7-10(13(19)20)12(17)8-11(9)16/h7-8H,6,17H2,1-3H3,(H,18,21)(H,19,20). The van der Waals surface area contributed by atoms with Crippen molar-refractivity contribution in [2.75, 3.05) is 12.3 Å². The number of aromatic carboxylic acids is 1. The summed E-state index contributed by atoms with van der Waals surface area (Å²) in [4.78, 5) is 22.3. The van der Waals surface area contributed by atoms with Crippen LogP contribution in [0.4, 0.5) is 14.9 Å². The molecule has 0 unspecified atom stereocenters. The van der Waals surface area contributed by atoms with Gasteiger partial charge >= 0.3 is 12.1 Å². The van der Waals surface area contributed by atoms with Crippen molar-refractivity contribution in [2.45, 2.75) is 26.4 Å². The first-order valence-electron chi connectivity index (χ1n) is 6.38. The number of nitrogens with one attached hydrogen (secondary N) is 1. The molecule has 118 valence electrons. The van der Waals surface area contributed by atoms with Crippen molar-refractivity contribution >= 4 is 17.7 Å². The molecule has 0 atom stereocenters. The van der Waals surface area contributed by atoms with E-state index in [4.69, 9.17) is 15.6 Å². The zero-order valence-corrected chi connectivity index (χ0v) is 12.5. The molecule has 1 rings (SSSR count). The topological polar surface area (TPSA) is 102 Å². The van der Waals surface area contributed by atoms with Crippen LogP contribution in [0.2, 0.25) is 0 Å². The van der Waals surface area contributed by atoms with E-state index in [0.29, 0.717) is 0 Å². The number of amides is 1. The number of alkyl carbamates (subject to hydrolysis) is 1. The zero-order valence-electron chi connectivity index (χ0n) is 12.5. The van der Waals surface area contributed by atoms with Crippen LogP contribution in [0, 0.1) is 17.7 Å². The second-order valence-electron chi connectivity index (χ2n) is 5.38. The number of rotatable bonds is 2. The Morgan fingerprint density at radius 1 is 1.41 bits per heavy atom. The summed E-state index contributed by atoms with van der Waals surface area (Å²) in [6, 6.07) is 1.95. The molecule has 0 aromatic heterocycles. The highest BCUT2D eigenvalue weighted by Gasteiger charge is 2.15. The molecule has 0 aliphatic heterocycles. The summed E-state index contributed by atoms with van der Waals surface area (Å²) in [5.41, 5.74) is 4.25. The van der Waals surface area contributed by atoms with Gasteiger partial charge in [0.15, 0.2) is 0 Å². The van der Waals surface area contributed by atoms with Crippen LogP contribution in [0.3, 0.4) is 0 Å². The van der Waals surface area contributed by atoms with E-state index in [0.717, 1.165) is 12.1 Å². The second-order valence-corrected chi connectivity index (χ2v) is 5.38. The lowest BCUT2D eigenvalue weighted by Gasteiger charge is -2.19. The summed E-state index contributed by atoms with van der Waals surface area (Å²) >= 11 is 0. The van der Waals surface area contributed by atoms with Crippen LogP contribution in [-0.4, -0.2) is 29.3 Å². The van der Waals surface area contributed by atoms with Gasteiger partial charge in [0, 0.05) is 5.69 Å². The van der Waals surface area contributed by atoms with Crippen molar-refractivity contribution < 1.29 is 23.8 Å². The molecule has 0 saturated heterocycles. The Labute approximate surface area is 127 Å². The molecule has 0 bridgehead atoms. The highest BCUT2D eigenvalue weighted by molar-refractivity contribution is 5.94. The van der Waals surface area contributed by atoms with Gasteiger partial charge in [0.1, 0.15) is 11.4 Å². The van der Waals surface area contributed by atoms with Crippen LogP contribution in [0.1, 0.15) is 36.7 Å². The van der Waals surface area contributed by atoms with Gasteiger partial charge in [-0.3, -0.25) is 0 Å². The van der Waals surface area contributed by atoms with E-state index in [2.05, 4.69) is 17.2 Å². The maximum absolute atomic E-state index is 13.6. The molecule has 0 radical (unpaired) electrons. The molecule has 6 nitrogen and oxygen atoms in total. The van der Waals surface area contributed by atoms with Crippen LogP contribution in [0.5, 0.6) is 0 Å². The average Bonchev–Trinajstić information content (AvgIpc) is 2.33. The Morgan fingerprint density at radius 3 is 2.59 bits per heavy atom. The van der Waals surface area contributed by atoms with E-state index in [9.17, 15) is 14.0 Å². The molecule has 1 aromatic carbocycles. The summed E-state index contributed by atoms with van der Waals surface area (Å²) in [7, 11) is 0. The quantitative estimate of drug-likeness (QED) is 0.573. The molecule has 7 heteroatoms. The Morgan fingerprint density at radius 2 is 2.05 bits per heavy atom.